The molecular formula is C25H28N4O4. The van der Waals surface area contributed by atoms with Gasteiger partial charge in [0, 0.05) is 43.7 Å². The van der Waals surface area contributed by atoms with Crippen LogP contribution in [0.15, 0.2) is 48.5 Å². The molecule has 172 valence electrons. The van der Waals surface area contributed by atoms with E-state index in [0.717, 1.165) is 12.8 Å². The van der Waals surface area contributed by atoms with Crippen molar-refractivity contribution in [2.24, 2.45) is 0 Å². The summed E-state index contributed by atoms with van der Waals surface area (Å²) >= 11 is 0. The summed E-state index contributed by atoms with van der Waals surface area (Å²) in [5, 5.41) is 11.7. The van der Waals surface area contributed by atoms with E-state index < -0.39 is 0 Å². The number of para-hydroxylation sites is 1. The number of piperidine rings is 1. The minimum Gasteiger partial charge on any atom is -0.495 e. The Morgan fingerprint density at radius 1 is 1.15 bits per heavy atom. The van der Waals surface area contributed by atoms with Gasteiger partial charge in [0.15, 0.2) is 0 Å². The van der Waals surface area contributed by atoms with Gasteiger partial charge in [0.1, 0.15) is 5.75 Å². The van der Waals surface area contributed by atoms with E-state index in [1.165, 1.54) is 4.90 Å². The van der Waals surface area contributed by atoms with E-state index in [0.29, 0.717) is 35.8 Å². The first-order chi connectivity index (χ1) is 16.0. The fraction of sp³-hybridized carbons (Fsp3) is 0.360. The zero-order chi connectivity index (χ0) is 23.6. The molecule has 0 bridgehead atoms. The highest BCUT2D eigenvalue weighted by molar-refractivity contribution is 5.99. The highest BCUT2D eigenvalue weighted by Crippen LogP contribution is 2.33. The third-order valence-corrected chi connectivity index (χ3v) is 5.46. The Kier molecular flexibility index (Phi) is 8.42. The number of methoxy groups -OCH3 is 1. The molecule has 1 N–H and O–H groups in total. The van der Waals surface area contributed by atoms with Gasteiger partial charge in [0.05, 0.1) is 25.3 Å². The smallest absolute Gasteiger partial charge is 0.227 e. The lowest BCUT2D eigenvalue weighted by atomic mass is 10.1. The van der Waals surface area contributed by atoms with E-state index in [9.17, 15) is 14.4 Å². The Balaban J connectivity index is 1.64. The number of carbonyl (C=O) groups is 3. The number of amides is 3. The van der Waals surface area contributed by atoms with E-state index in [4.69, 9.17) is 10.00 Å². The maximum absolute atomic E-state index is 12.8. The molecule has 0 aliphatic carbocycles. The predicted molar refractivity (Wildman–Crippen MR) is 126 cm³/mol. The molecule has 0 spiro atoms. The average Bonchev–Trinajstić information content (AvgIpc) is 2.84. The number of carbonyl (C=O) groups excluding carboxylic acids is 3. The van der Waals surface area contributed by atoms with Gasteiger partial charge in [-0.1, -0.05) is 18.2 Å². The molecule has 8 nitrogen and oxygen atoms in total. The summed E-state index contributed by atoms with van der Waals surface area (Å²) in [6, 6.07) is 16.3. The van der Waals surface area contributed by atoms with Crippen molar-refractivity contribution in [1.29, 1.82) is 5.26 Å². The third kappa shape index (κ3) is 6.32. The summed E-state index contributed by atoms with van der Waals surface area (Å²) < 4.78 is 5.41. The SMILES string of the molecule is COc1ccc(NC(=O)CCC(=O)N(CCC#N)c2ccccc2)cc1N1CCCCC1=O. The van der Waals surface area contributed by atoms with Crippen LogP contribution in [-0.4, -0.2) is 37.9 Å². The molecule has 8 heteroatoms. The standard InChI is InChI=1S/C25H28N4O4/c1-33-22-12-11-19(18-21(22)29-16-6-5-10-24(29)31)27-23(30)13-14-25(32)28(17-7-15-26)20-8-3-2-4-9-20/h2-4,8-9,11-12,18H,5-7,10,13-14,16-17H2,1H3,(H,27,30). The van der Waals surface area contributed by atoms with Crippen molar-refractivity contribution in [3.8, 4) is 11.8 Å². The fourth-order valence-corrected chi connectivity index (χ4v) is 3.79. The lowest BCUT2D eigenvalue weighted by Gasteiger charge is -2.28. The average molecular weight is 449 g/mol. The first-order valence-electron chi connectivity index (χ1n) is 11.0. The van der Waals surface area contributed by atoms with Gasteiger partial charge in [0.25, 0.3) is 0 Å². The van der Waals surface area contributed by atoms with Crippen LogP contribution in [0.2, 0.25) is 0 Å². The molecular weight excluding hydrogens is 420 g/mol. The van der Waals surface area contributed by atoms with Crippen LogP contribution in [0, 0.1) is 11.3 Å². The fourth-order valence-electron chi connectivity index (χ4n) is 3.79. The molecule has 3 rings (SSSR count). The number of rotatable bonds is 9. The molecule has 33 heavy (non-hydrogen) atoms. The highest BCUT2D eigenvalue weighted by atomic mass is 16.5. The molecule has 0 radical (unpaired) electrons. The van der Waals surface area contributed by atoms with Crippen molar-refractivity contribution in [3.05, 3.63) is 48.5 Å². The molecule has 1 heterocycles. The summed E-state index contributed by atoms with van der Waals surface area (Å²) in [4.78, 5) is 40.9. The predicted octanol–water partition coefficient (Wildman–Crippen LogP) is 3.88. The minimum absolute atomic E-state index is 0.00126. The van der Waals surface area contributed by atoms with Gasteiger partial charge in [-0.15, -0.1) is 0 Å². The van der Waals surface area contributed by atoms with E-state index in [1.807, 2.05) is 18.2 Å². The van der Waals surface area contributed by atoms with Crippen LogP contribution in [0.1, 0.15) is 38.5 Å². The second kappa shape index (κ2) is 11.7. The number of nitrogens with zero attached hydrogens (tertiary/aromatic N) is 3. The Bertz CT molecular complexity index is 1030. The number of nitrogens with one attached hydrogen (secondary N) is 1. The zero-order valence-corrected chi connectivity index (χ0v) is 18.8. The zero-order valence-electron chi connectivity index (χ0n) is 18.8. The van der Waals surface area contributed by atoms with Gasteiger partial charge < -0.3 is 19.9 Å². The largest absolute Gasteiger partial charge is 0.495 e. The summed E-state index contributed by atoms with van der Waals surface area (Å²) in [7, 11) is 1.54. The number of ether oxygens (including phenoxy) is 1. The number of hydrogen-bond acceptors (Lipinski definition) is 5. The third-order valence-electron chi connectivity index (χ3n) is 5.46. The molecule has 0 saturated carbocycles. The van der Waals surface area contributed by atoms with Gasteiger partial charge in [-0.2, -0.15) is 5.26 Å². The quantitative estimate of drug-likeness (QED) is 0.627. The van der Waals surface area contributed by atoms with Gasteiger partial charge in [-0.3, -0.25) is 14.4 Å². The van der Waals surface area contributed by atoms with Crippen LogP contribution in [0.4, 0.5) is 17.1 Å². The van der Waals surface area contributed by atoms with Crippen molar-refractivity contribution >= 4 is 34.8 Å². The molecule has 0 unspecified atom stereocenters. The van der Waals surface area contributed by atoms with Crippen molar-refractivity contribution in [3.63, 3.8) is 0 Å². The van der Waals surface area contributed by atoms with E-state index in [2.05, 4.69) is 11.4 Å². The lowest BCUT2D eigenvalue weighted by Crippen LogP contribution is -2.35. The molecule has 3 amide bonds. The summed E-state index contributed by atoms with van der Waals surface area (Å²) in [5.74, 6) is 0.0695. The van der Waals surface area contributed by atoms with Gasteiger partial charge >= 0.3 is 0 Å². The van der Waals surface area contributed by atoms with E-state index in [1.54, 1.807) is 42.3 Å². The number of anilines is 3. The maximum atomic E-state index is 12.8. The Labute approximate surface area is 193 Å². The summed E-state index contributed by atoms with van der Waals surface area (Å²) in [6.45, 7) is 0.881. The Morgan fingerprint density at radius 2 is 1.94 bits per heavy atom. The summed E-state index contributed by atoms with van der Waals surface area (Å²) in [6.07, 6.45) is 2.49. The number of benzene rings is 2. The maximum Gasteiger partial charge on any atom is 0.227 e. The van der Waals surface area contributed by atoms with Crippen LogP contribution < -0.4 is 19.9 Å². The molecule has 1 fully saturated rings. The van der Waals surface area contributed by atoms with Crippen molar-refractivity contribution < 1.29 is 19.1 Å². The second-order valence-electron chi connectivity index (χ2n) is 7.73. The topological polar surface area (TPSA) is 103 Å². The van der Waals surface area contributed by atoms with Crippen molar-refractivity contribution in [2.75, 3.05) is 35.3 Å². The van der Waals surface area contributed by atoms with E-state index >= 15 is 0 Å². The first-order valence-corrected chi connectivity index (χ1v) is 11.0. The Hall–Kier alpha value is -3.86. The molecule has 2 aromatic rings. The molecule has 0 atom stereocenters. The second-order valence-corrected chi connectivity index (χ2v) is 7.73. The highest BCUT2D eigenvalue weighted by Gasteiger charge is 2.23. The molecule has 2 aromatic carbocycles. The van der Waals surface area contributed by atoms with Crippen molar-refractivity contribution in [2.45, 2.75) is 38.5 Å². The van der Waals surface area contributed by atoms with Crippen molar-refractivity contribution in [1.82, 2.24) is 0 Å². The van der Waals surface area contributed by atoms with E-state index in [-0.39, 0.29) is 43.5 Å². The van der Waals surface area contributed by atoms with Crippen LogP contribution in [-0.2, 0) is 14.4 Å². The Morgan fingerprint density at radius 3 is 2.64 bits per heavy atom. The van der Waals surface area contributed by atoms with Crippen LogP contribution in [0.5, 0.6) is 5.75 Å². The van der Waals surface area contributed by atoms with Crippen LogP contribution in [0.3, 0.4) is 0 Å². The first kappa shape index (κ1) is 23.8. The number of hydrogen-bond donors (Lipinski definition) is 1. The molecule has 1 aliphatic rings. The van der Waals surface area contributed by atoms with Crippen LogP contribution >= 0.6 is 0 Å². The lowest BCUT2D eigenvalue weighted by molar-refractivity contribution is -0.122. The van der Waals surface area contributed by atoms with Gasteiger partial charge in [0.2, 0.25) is 17.7 Å². The molecule has 1 saturated heterocycles. The van der Waals surface area contributed by atoms with Crippen LogP contribution in [0.25, 0.3) is 0 Å². The minimum atomic E-state index is -0.308. The molecule has 1 aliphatic heterocycles. The van der Waals surface area contributed by atoms with Gasteiger partial charge in [-0.05, 0) is 43.2 Å². The molecule has 0 aromatic heterocycles. The normalized spacial score (nSPS) is 13.2. The van der Waals surface area contributed by atoms with Gasteiger partial charge in [-0.25, -0.2) is 0 Å². The monoisotopic (exact) mass is 448 g/mol. The number of nitriles is 1. The summed E-state index contributed by atoms with van der Waals surface area (Å²) in [5.41, 5.74) is 1.86.